The van der Waals surface area contributed by atoms with Crippen LogP contribution in [-0.2, 0) is 13.0 Å². The molecule has 208 valence electrons. The molecule has 5 aromatic rings. The van der Waals surface area contributed by atoms with Crippen molar-refractivity contribution >= 4 is 22.2 Å². The van der Waals surface area contributed by atoms with Gasteiger partial charge in [0.1, 0.15) is 5.69 Å². The number of ketones is 1. The van der Waals surface area contributed by atoms with Crippen molar-refractivity contribution in [3.05, 3.63) is 125 Å². The number of rotatable bonds is 11. The van der Waals surface area contributed by atoms with Crippen molar-refractivity contribution in [3.8, 4) is 5.69 Å². The number of carbonyl (C=O) groups is 1. The molecule has 1 aliphatic carbocycles. The number of hydrogen-bond acceptors (Lipinski definition) is 5. The normalized spacial score (nSPS) is 13.8. The maximum Gasteiger partial charge on any atom is 0.185 e. The maximum atomic E-state index is 13.7. The highest BCUT2D eigenvalue weighted by Gasteiger charge is 2.25. The monoisotopic (exact) mass is 543 g/mol. The van der Waals surface area contributed by atoms with E-state index in [1.165, 1.54) is 34.7 Å². The molecule has 6 rings (SSSR count). The Balaban J connectivity index is 1.33. The molecule has 0 radical (unpaired) electrons. The predicted octanol–water partition coefficient (Wildman–Crippen LogP) is 6.35. The van der Waals surface area contributed by atoms with Crippen LogP contribution in [0.1, 0.15) is 57.3 Å². The predicted molar refractivity (Wildman–Crippen MR) is 167 cm³/mol. The minimum Gasteiger partial charge on any atom is -0.388 e. The van der Waals surface area contributed by atoms with Crippen molar-refractivity contribution in [1.29, 1.82) is 0 Å². The van der Waals surface area contributed by atoms with Crippen LogP contribution < -0.4 is 16.4 Å². The minimum absolute atomic E-state index is 0.0215. The summed E-state index contributed by atoms with van der Waals surface area (Å²) < 4.78 is 1.75. The summed E-state index contributed by atoms with van der Waals surface area (Å²) in [7, 11) is 1.97. The van der Waals surface area contributed by atoms with E-state index in [2.05, 4.69) is 70.3 Å². The molecule has 0 spiro atoms. The van der Waals surface area contributed by atoms with E-state index in [4.69, 9.17) is 5.73 Å². The van der Waals surface area contributed by atoms with Crippen LogP contribution in [0.5, 0.6) is 0 Å². The molecule has 4 N–H and O–H groups in total. The molecule has 1 aliphatic rings. The first-order chi connectivity index (χ1) is 20.0. The fraction of sp³-hybridized carbons (Fsp3) is 0.257. The van der Waals surface area contributed by atoms with Gasteiger partial charge >= 0.3 is 0 Å². The van der Waals surface area contributed by atoms with Crippen LogP contribution in [0.3, 0.4) is 0 Å². The molecular weight excluding hydrogens is 506 g/mol. The lowest BCUT2D eigenvalue weighted by Gasteiger charge is -2.23. The zero-order chi connectivity index (χ0) is 28.3. The molecule has 0 amide bonds. The number of nitrogens with one attached hydrogen (secondary N) is 2. The topological polar surface area (TPSA) is 85.0 Å². The van der Waals surface area contributed by atoms with Crippen LogP contribution >= 0.6 is 0 Å². The molecule has 1 unspecified atom stereocenters. The van der Waals surface area contributed by atoms with Gasteiger partial charge in [0.25, 0.3) is 0 Å². The van der Waals surface area contributed by atoms with Crippen LogP contribution in [0.25, 0.3) is 16.5 Å². The average Bonchev–Trinajstić information content (AvgIpc) is 3.75. The summed E-state index contributed by atoms with van der Waals surface area (Å²) in [5, 5.41) is 14.3. The van der Waals surface area contributed by atoms with Crippen molar-refractivity contribution in [3.63, 3.8) is 0 Å². The summed E-state index contributed by atoms with van der Waals surface area (Å²) in [4.78, 5) is 13.7. The summed E-state index contributed by atoms with van der Waals surface area (Å²) in [6.45, 7) is 3.34. The number of carbonyl (C=O) groups excluding carboxylic acids is 1. The van der Waals surface area contributed by atoms with Crippen LogP contribution in [-0.4, -0.2) is 29.2 Å². The third-order valence-corrected chi connectivity index (χ3v) is 8.00. The van der Waals surface area contributed by atoms with E-state index >= 15 is 0 Å². The molecule has 1 saturated carbocycles. The van der Waals surface area contributed by atoms with Gasteiger partial charge in [0.15, 0.2) is 5.78 Å². The van der Waals surface area contributed by atoms with E-state index < -0.39 is 0 Å². The molecule has 1 atom stereocenters. The molecule has 41 heavy (non-hydrogen) atoms. The Morgan fingerprint density at radius 3 is 2.51 bits per heavy atom. The second-order valence-corrected chi connectivity index (χ2v) is 11.1. The van der Waals surface area contributed by atoms with Gasteiger partial charge in [0, 0.05) is 31.1 Å². The van der Waals surface area contributed by atoms with E-state index in [0.29, 0.717) is 18.7 Å². The molecule has 1 fully saturated rings. The van der Waals surface area contributed by atoms with Gasteiger partial charge in [0.05, 0.1) is 17.4 Å². The molecule has 0 aliphatic heterocycles. The number of nitrogens with two attached hydrogens (primary N) is 1. The maximum absolute atomic E-state index is 13.7. The quantitative estimate of drug-likeness (QED) is 0.169. The molecule has 0 saturated heterocycles. The lowest BCUT2D eigenvalue weighted by atomic mass is 9.91. The number of nitrogens with zero attached hydrogens (tertiary/aromatic N) is 2. The fourth-order valence-electron chi connectivity index (χ4n) is 5.67. The van der Waals surface area contributed by atoms with E-state index in [1.54, 1.807) is 4.68 Å². The van der Waals surface area contributed by atoms with E-state index in [-0.39, 0.29) is 11.8 Å². The van der Waals surface area contributed by atoms with Crippen LogP contribution in [0.15, 0.2) is 91.0 Å². The van der Waals surface area contributed by atoms with Crippen molar-refractivity contribution < 1.29 is 4.79 Å². The highest BCUT2D eigenvalue weighted by molar-refractivity contribution is 5.97. The largest absolute Gasteiger partial charge is 0.388 e. The zero-order valence-corrected chi connectivity index (χ0v) is 23.7. The first-order valence-electron chi connectivity index (χ1n) is 14.4. The Hall–Kier alpha value is -4.26. The second-order valence-electron chi connectivity index (χ2n) is 11.1. The highest BCUT2D eigenvalue weighted by Crippen LogP contribution is 2.35. The lowest BCUT2D eigenvalue weighted by molar-refractivity contribution is 0.0985. The molecule has 0 bridgehead atoms. The molecule has 1 heterocycles. The molecule has 1 aromatic heterocycles. The van der Waals surface area contributed by atoms with Crippen molar-refractivity contribution in [2.75, 3.05) is 18.9 Å². The van der Waals surface area contributed by atoms with Gasteiger partial charge in [-0.2, -0.15) is 5.10 Å². The second kappa shape index (κ2) is 11.7. The Morgan fingerprint density at radius 1 is 0.951 bits per heavy atom. The lowest BCUT2D eigenvalue weighted by Crippen LogP contribution is -2.25. The first-order valence-corrected chi connectivity index (χ1v) is 14.4. The van der Waals surface area contributed by atoms with Gasteiger partial charge in [-0.1, -0.05) is 66.7 Å². The molecule has 6 nitrogen and oxygen atoms in total. The Kier molecular flexibility index (Phi) is 7.68. The number of benzene rings is 4. The summed E-state index contributed by atoms with van der Waals surface area (Å²) in [6.07, 6.45) is 2.87. The molecule has 4 aromatic carbocycles. The number of hydrogen-bond donors (Lipinski definition) is 3. The van der Waals surface area contributed by atoms with Gasteiger partial charge in [-0.15, -0.1) is 0 Å². The number of aromatic nitrogens is 2. The van der Waals surface area contributed by atoms with Gasteiger partial charge in [0.2, 0.25) is 0 Å². The fourth-order valence-corrected chi connectivity index (χ4v) is 5.67. The van der Waals surface area contributed by atoms with Gasteiger partial charge in [-0.3, -0.25) is 4.79 Å². The summed E-state index contributed by atoms with van der Waals surface area (Å²) >= 11 is 0. The standard InChI is InChI=1S/C35H37N5O/c1-23-17-33(40(39-23)28-10-6-8-26(19-28)21-36)34(41)20-25-7-5-9-27(18-25)35(38-22-24-13-14-24)31-15-16-32(37-2)30-12-4-3-11-29(30)31/h3-12,15-19,24,35,37-38H,13-14,20-22,36H2,1-2H3. The van der Waals surface area contributed by atoms with Crippen LogP contribution in [0.4, 0.5) is 5.69 Å². The number of fused-ring (bicyclic) bond motifs is 1. The van der Waals surface area contributed by atoms with Gasteiger partial charge < -0.3 is 16.4 Å². The van der Waals surface area contributed by atoms with Gasteiger partial charge in [-0.25, -0.2) is 4.68 Å². The zero-order valence-electron chi connectivity index (χ0n) is 23.7. The Bertz CT molecular complexity index is 1700. The van der Waals surface area contributed by atoms with E-state index in [9.17, 15) is 4.79 Å². The SMILES string of the molecule is CNc1ccc(C(NCC2CC2)c2cccc(CC(=O)c3cc(C)nn3-c3cccc(CN)c3)c2)c2ccccc12. The third-order valence-electron chi connectivity index (χ3n) is 8.00. The van der Waals surface area contributed by atoms with Crippen molar-refractivity contribution in [2.24, 2.45) is 11.7 Å². The van der Waals surface area contributed by atoms with Crippen LogP contribution in [0.2, 0.25) is 0 Å². The van der Waals surface area contributed by atoms with E-state index in [1.807, 2.05) is 50.4 Å². The summed E-state index contributed by atoms with van der Waals surface area (Å²) in [5.74, 6) is 0.777. The van der Waals surface area contributed by atoms with Crippen molar-refractivity contribution in [1.82, 2.24) is 15.1 Å². The Morgan fingerprint density at radius 2 is 1.73 bits per heavy atom. The average molecular weight is 544 g/mol. The summed E-state index contributed by atoms with van der Waals surface area (Å²) in [6, 6.07) is 31.2. The third kappa shape index (κ3) is 5.80. The number of anilines is 1. The highest BCUT2D eigenvalue weighted by atomic mass is 16.1. The van der Waals surface area contributed by atoms with Gasteiger partial charge in [-0.05, 0) is 84.1 Å². The number of Topliss-reactive ketones (excluding diaryl/α,β-unsaturated/α-hetero) is 1. The first kappa shape index (κ1) is 26.9. The van der Waals surface area contributed by atoms with Crippen LogP contribution in [0, 0.1) is 12.8 Å². The number of aryl methyl sites for hydroxylation is 1. The summed E-state index contributed by atoms with van der Waals surface area (Å²) in [5.41, 5.74) is 13.6. The Labute approximate surface area is 241 Å². The minimum atomic E-state index is 0.0215. The molecular formula is C35H37N5O. The smallest absolute Gasteiger partial charge is 0.185 e. The molecule has 6 heteroatoms. The van der Waals surface area contributed by atoms with E-state index in [0.717, 1.165) is 40.7 Å². The van der Waals surface area contributed by atoms with Crippen molar-refractivity contribution in [2.45, 2.75) is 38.8 Å².